The second-order valence-electron chi connectivity index (χ2n) is 8.08. The van der Waals surface area contributed by atoms with E-state index in [1.54, 1.807) is 6.92 Å². The lowest BCUT2D eigenvalue weighted by molar-refractivity contribution is -0.129. The Kier molecular flexibility index (Phi) is 6.09. The third kappa shape index (κ3) is 4.42. The van der Waals surface area contributed by atoms with Crippen molar-refractivity contribution < 1.29 is 4.79 Å². The molecule has 3 heterocycles. The molecule has 0 unspecified atom stereocenters. The highest BCUT2D eigenvalue weighted by atomic mass is 16.2. The highest BCUT2D eigenvalue weighted by molar-refractivity contribution is 5.74. The maximum atomic E-state index is 11.8. The number of hydrogen-bond acceptors (Lipinski definition) is 5. The van der Waals surface area contributed by atoms with Crippen molar-refractivity contribution in [3.05, 3.63) is 53.0 Å². The average Bonchev–Trinajstić information content (AvgIpc) is 2.77. The summed E-state index contributed by atoms with van der Waals surface area (Å²) in [7, 11) is 1.91. The van der Waals surface area contributed by atoms with Crippen molar-refractivity contribution in [1.82, 2.24) is 19.8 Å². The third-order valence-electron chi connectivity index (χ3n) is 6.20. The van der Waals surface area contributed by atoms with Gasteiger partial charge in [-0.1, -0.05) is 36.8 Å². The number of rotatable bonds is 5. The number of fused-ring (bicyclic) bond motifs is 1. The van der Waals surface area contributed by atoms with Crippen LogP contribution in [0, 0.1) is 0 Å². The van der Waals surface area contributed by atoms with Gasteiger partial charge in [0.1, 0.15) is 11.6 Å². The fourth-order valence-electron chi connectivity index (χ4n) is 4.53. The van der Waals surface area contributed by atoms with Crippen LogP contribution in [0.15, 0.2) is 30.3 Å². The number of benzene rings is 1. The van der Waals surface area contributed by atoms with Gasteiger partial charge in [0, 0.05) is 39.0 Å². The summed E-state index contributed by atoms with van der Waals surface area (Å²) < 4.78 is 0. The zero-order chi connectivity index (χ0) is 20.2. The summed E-state index contributed by atoms with van der Waals surface area (Å²) in [6, 6.07) is 11.0. The fourth-order valence-corrected chi connectivity index (χ4v) is 4.53. The molecule has 4 rings (SSSR count). The molecule has 1 aromatic heterocycles. The molecule has 29 heavy (non-hydrogen) atoms. The minimum atomic E-state index is 0.112. The summed E-state index contributed by atoms with van der Waals surface area (Å²) in [5.41, 5.74) is 3.55. The number of nitrogens with one attached hydrogen (secondary N) is 1. The summed E-state index contributed by atoms with van der Waals surface area (Å²) in [6.45, 7) is 5.10. The molecule has 1 atom stereocenters. The first-order valence-corrected chi connectivity index (χ1v) is 10.8. The van der Waals surface area contributed by atoms with Crippen molar-refractivity contribution in [2.24, 2.45) is 0 Å². The topological polar surface area (TPSA) is 61.4 Å². The predicted molar refractivity (Wildman–Crippen MR) is 115 cm³/mol. The maximum Gasteiger partial charge on any atom is 0.219 e. The molecule has 1 N–H and O–H groups in total. The van der Waals surface area contributed by atoms with Crippen LogP contribution in [-0.4, -0.2) is 52.4 Å². The van der Waals surface area contributed by atoms with Crippen LogP contribution in [-0.2, 0) is 24.2 Å². The summed E-state index contributed by atoms with van der Waals surface area (Å²) in [6.07, 6.45) is 5.42. The van der Waals surface area contributed by atoms with Crippen molar-refractivity contribution in [2.75, 3.05) is 32.0 Å². The van der Waals surface area contributed by atoms with Crippen LogP contribution in [0.4, 0.5) is 5.82 Å². The van der Waals surface area contributed by atoms with Gasteiger partial charge in [-0.25, -0.2) is 9.97 Å². The van der Waals surface area contributed by atoms with E-state index in [1.807, 2.05) is 11.9 Å². The molecule has 2 aromatic rings. The summed E-state index contributed by atoms with van der Waals surface area (Å²) in [5.74, 6) is 1.93. The van der Waals surface area contributed by atoms with Crippen LogP contribution in [0.3, 0.4) is 0 Å². The highest BCUT2D eigenvalue weighted by Crippen LogP contribution is 2.32. The third-order valence-corrected chi connectivity index (χ3v) is 6.20. The normalized spacial score (nSPS) is 19.7. The Balaban J connectivity index is 1.56. The number of likely N-dealkylation sites (tertiary alicyclic amines) is 1. The van der Waals surface area contributed by atoms with Gasteiger partial charge in [0.15, 0.2) is 0 Å². The maximum absolute atomic E-state index is 11.8. The first-order chi connectivity index (χ1) is 14.2. The number of piperidine rings is 1. The summed E-state index contributed by atoms with van der Waals surface area (Å²) >= 11 is 0. The van der Waals surface area contributed by atoms with Gasteiger partial charge in [0.2, 0.25) is 5.91 Å². The van der Waals surface area contributed by atoms with Gasteiger partial charge in [-0.3, -0.25) is 9.69 Å². The first kappa shape index (κ1) is 19.8. The van der Waals surface area contributed by atoms with E-state index in [2.05, 4.69) is 40.5 Å². The monoisotopic (exact) mass is 393 g/mol. The van der Waals surface area contributed by atoms with E-state index in [4.69, 9.17) is 9.97 Å². The SMILES string of the molecule is CNc1nc([C@H]2CCCCN2CCc2ccccc2)nc2c1CN(C(C)=O)CC2. The molecule has 1 saturated heterocycles. The molecule has 0 spiro atoms. The zero-order valence-corrected chi connectivity index (χ0v) is 17.5. The number of aromatic nitrogens is 2. The molecule has 154 valence electrons. The second-order valence-corrected chi connectivity index (χ2v) is 8.08. The van der Waals surface area contributed by atoms with Crippen LogP contribution >= 0.6 is 0 Å². The number of hydrogen-bond donors (Lipinski definition) is 1. The molecular weight excluding hydrogens is 362 g/mol. The van der Waals surface area contributed by atoms with Crippen LogP contribution in [0.5, 0.6) is 0 Å². The Morgan fingerprint density at radius 1 is 1.17 bits per heavy atom. The number of anilines is 1. The Bertz CT molecular complexity index is 837. The molecule has 1 aromatic carbocycles. The Labute approximate surface area is 173 Å². The van der Waals surface area contributed by atoms with Crippen molar-refractivity contribution in [3.8, 4) is 0 Å². The van der Waals surface area contributed by atoms with E-state index >= 15 is 0 Å². The van der Waals surface area contributed by atoms with Gasteiger partial charge in [-0.05, 0) is 31.4 Å². The number of amides is 1. The van der Waals surface area contributed by atoms with Crippen molar-refractivity contribution in [2.45, 2.75) is 51.6 Å². The number of carbonyl (C=O) groups is 1. The minimum Gasteiger partial charge on any atom is -0.373 e. The Morgan fingerprint density at radius 3 is 2.76 bits per heavy atom. The molecule has 2 aliphatic rings. The van der Waals surface area contributed by atoms with Gasteiger partial charge < -0.3 is 10.2 Å². The summed E-state index contributed by atoms with van der Waals surface area (Å²) in [5, 5.41) is 3.26. The second kappa shape index (κ2) is 8.91. The molecular formula is C23H31N5O. The van der Waals surface area contributed by atoms with Gasteiger partial charge in [-0.15, -0.1) is 0 Å². The minimum absolute atomic E-state index is 0.112. The molecule has 0 saturated carbocycles. The standard InChI is InChI=1S/C23H31N5O/c1-17(29)28-15-12-20-19(16-28)22(24-2)26-23(25-20)21-10-6-7-13-27(21)14-11-18-8-4-3-5-9-18/h3-5,8-9,21H,6-7,10-16H2,1-2H3,(H,24,25,26)/t21-/m1/s1. The van der Waals surface area contributed by atoms with E-state index in [-0.39, 0.29) is 11.9 Å². The quantitative estimate of drug-likeness (QED) is 0.845. The van der Waals surface area contributed by atoms with Gasteiger partial charge >= 0.3 is 0 Å². The molecule has 1 amide bonds. The molecule has 1 fully saturated rings. The van der Waals surface area contributed by atoms with Crippen LogP contribution in [0.1, 0.15) is 54.9 Å². The Hall–Kier alpha value is -2.47. The average molecular weight is 394 g/mol. The van der Waals surface area contributed by atoms with E-state index in [9.17, 15) is 4.79 Å². The van der Waals surface area contributed by atoms with Crippen molar-refractivity contribution in [3.63, 3.8) is 0 Å². The Morgan fingerprint density at radius 2 is 2.00 bits per heavy atom. The number of nitrogens with zero attached hydrogens (tertiary/aromatic N) is 4. The highest BCUT2D eigenvalue weighted by Gasteiger charge is 2.29. The van der Waals surface area contributed by atoms with E-state index in [0.717, 1.165) is 61.8 Å². The predicted octanol–water partition coefficient (Wildman–Crippen LogP) is 3.19. The van der Waals surface area contributed by atoms with Crippen LogP contribution in [0.25, 0.3) is 0 Å². The smallest absolute Gasteiger partial charge is 0.219 e. The largest absolute Gasteiger partial charge is 0.373 e. The number of carbonyl (C=O) groups excluding carboxylic acids is 1. The van der Waals surface area contributed by atoms with Crippen LogP contribution in [0.2, 0.25) is 0 Å². The fraction of sp³-hybridized carbons (Fsp3) is 0.522. The van der Waals surface area contributed by atoms with E-state index in [1.165, 1.54) is 18.4 Å². The lowest BCUT2D eigenvalue weighted by atomic mass is 9.99. The lowest BCUT2D eigenvalue weighted by Crippen LogP contribution is -2.38. The summed E-state index contributed by atoms with van der Waals surface area (Å²) in [4.78, 5) is 26.2. The van der Waals surface area contributed by atoms with E-state index in [0.29, 0.717) is 6.54 Å². The first-order valence-electron chi connectivity index (χ1n) is 10.8. The van der Waals surface area contributed by atoms with E-state index < -0.39 is 0 Å². The van der Waals surface area contributed by atoms with Crippen molar-refractivity contribution in [1.29, 1.82) is 0 Å². The van der Waals surface area contributed by atoms with Gasteiger partial charge in [0.25, 0.3) is 0 Å². The molecule has 2 aliphatic heterocycles. The molecule has 6 heteroatoms. The molecule has 0 aliphatic carbocycles. The van der Waals surface area contributed by atoms with Crippen molar-refractivity contribution >= 4 is 11.7 Å². The molecule has 6 nitrogen and oxygen atoms in total. The lowest BCUT2D eigenvalue weighted by Gasteiger charge is -2.36. The molecule has 0 radical (unpaired) electrons. The van der Waals surface area contributed by atoms with Gasteiger partial charge in [0.05, 0.1) is 18.3 Å². The van der Waals surface area contributed by atoms with Crippen LogP contribution < -0.4 is 5.32 Å². The molecule has 0 bridgehead atoms. The zero-order valence-electron chi connectivity index (χ0n) is 17.5. The van der Waals surface area contributed by atoms with Gasteiger partial charge in [-0.2, -0.15) is 0 Å².